The number of sulfone groups is 1. The minimum atomic E-state index is -3.17. The zero-order valence-electron chi connectivity index (χ0n) is 12.5. The fourth-order valence-corrected chi connectivity index (χ4v) is 5.42. The summed E-state index contributed by atoms with van der Waals surface area (Å²) in [6.07, 6.45) is 3.74. The molecule has 1 fully saturated rings. The molecule has 1 aromatic rings. The van der Waals surface area contributed by atoms with Crippen LogP contribution in [0, 0.1) is 17.2 Å². The molecule has 0 N–H and O–H groups in total. The van der Waals surface area contributed by atoms with E-state index in [1.807, 2.05) is 25.1 Å². The summed E-state index contributed by atoms with van der Waals surface area (Å²) in [5.74, 6) is 0.137. The summed E-state index contributed by atoms with van der Waals surface area (Å²) in [7, 11) is -3.17. The van der Waals surface area contributed by atoms with Crippen LogP contribution >= 0.6 is 0 Å². The van der Waals surface area contributed by atoms with E-state index in [1.54, 1.807) is 0 Å². The molecule has 0 saturated heterocycles. The SMILES string of the molecule is CCCCS(=O)(=O)C1CC(c2ccccc2)CCC1C#N. The predicted molar refractivity (Wildman–Crippen MR) is 84.6 cm³/mol. The van der Waals surface area contributed by atoms with Gasteiger partial charge in [-0.15, -0.1) is 0 Å². The average Bonchev–Trinajstić information content (AvgIpc) is 2.53. The zero-order chi connectivity index (χ0) is 15.3. The van der Waals surface area contributed by atoms with Gasteiger partial charge in [0.2, 0.25) is 0 Å². The van der Waals surface area contributed by atoms with E-state index in [9.17, 15) is 13.7 Å². The molecule has 0 spiro atoms. The van der Waals surface area contributed by atoms with Gasteiger partial charge in [0.25, 0.3) is 0 Å². The number of unbranched alkanes of at least 4 members (excludes halogenated alkanes) is 1. The number of benzene rings is 1. The summed E-state index contributed by atoms with van der Waals surface area (Å²) in [4.78, 5) is 0. The largest absolute Gasteiger partial charge is 0.229 e. The van der Waals surface area contributed by atoms with Gasteiger partial charge in [-0.3, -0.25) is 0 Å². The van der Waals surface area contributed by atoms with E-state index in [2.05, 4.69) is 18.2 Å². The highest BCUT2D eigenvalue weighted by molar-refractivity contribution is 7.92. The van der Waals surface area contributed by atoms with E-state index >= 15 is 0 Å². The van der Waals surface area contributed by atoms with Crippen molar-refractivity contribution in [1.82, 2.24) is 0 Å². The zero-order valence-corrected chi connectivity index (χ0v) is 13.3. The molecule has 1 aliphatic rings. The van der Waals surface area contributed by atoms with Crippen LogP contribution < -0.4 is 0 Å². The Hall–Kier alpha value is -1.34. The van der Waals surface area contributed by atoms with Crippen LogP contribution in [0.4, 0.5) is 0 Å². The maximum Gasteiger partial charge on any atom is 0.154 e. The summed E-state index contributed by atoms with van der Waals surface area (Å²) in [5.41, 5.74) is 1.20. The van der Waals surface area contributed by atoms with Crippen molar-refractivity contribution in [2.24, 2.45) is 5.92 Å². The minimum absolute atomic E-state index is 0.216. The molecule has 3 nitrogen and oxygen atoms in total. The lowest BCUT2D eigenvalue weighted by Gasteiger charge is -2.32. The van der Waals surface area contributed by atoms with Crippen molar-refractivity contribution < 1.29 is 8.42 Å². The summed E-state index contributed by atoms with van der Waals surface area (Å²) in [6, 6.07) is 12.3. The highest BCUT2D eigenvalue weighted by Gasteiger charge is 2.39. The van der Waals surface area contributed by atoms with Crippen LogP contribution in [-0.4, -0.2) is 19.4 Å². The molecule has 1 saturated carbocycles. The van der Waals surface area contributed by atoms with Gasteiger partial charge in [0.05, 0.1) is 23.0 Å². The summed E-state index contributed by atoms with van der Waals surface area (Å²) in [5, 5.41) is 8.80. The van der Waals surface area contributed by atoms with Crippen molar-refractivity contribution in [3.05, 3.63) is 35.9 Å². The van der Waals surface area contributed by atoms with Crippen molar-refractivity contribution in [1.29, 1.82) is 5.26 Å². The molecule has 0 aliphatic heterocycles. The van der Waals surface area contributed by atoms with Gasteiger partial charge in [-0.1, -0.05) is 43.7 Å². The molecular weight excluding hydrogens is 282 g/mol. The van der Waals surface area contributed by atoms with Crippen LogP contribution in [0.15, 0.2) is 30.3 Å². The van der Waals surface area contributed by atoms with E-state index in [0.717, 1.165) is 12.8 Å². The molecule has 0 radical (unpaired) electrons. The Morgan fingerprint density at radius 2 is 1.95 bits per heavy atom. The lowest BCUT2D eigenvalue weighted by atomic mass is 9.79. The summed E-state index contributed by atoms with van der Waals surface area (Å²) < 4.78 is 25.1. The number of rotatable bonds is 5. The Bertz CT molecular complexity index is 589. The smallest absolute Gasteiger partial charge is 0.154 e. The van der Waals surface area contributed by atoms with E-state index in [4.69, 9.17) is 0 Å². The Morgan fingerprint density at radius 1 is 1.24 bits per heavy atom. The molecule has 21 heavy (non-hydrogen) atoms. The molecule has 0 amide bonds. The second kappa shape index (κ2) is 7.09. The first-order valence-corrected chi connectivity index (χ1v) is 9.46. The van der Waals surface area contributed by atoms with Crippen LogP contribution in [0.25, 0.3) is 0 Å². The number of nitriles is 1. The first-order chi connectivity index (χ1) is 10.1. The molecule has 3 unspecified atom stereocenters. The number of hydrogen-bond acceptors (Lipinski definition) is 3. The van der Waals surface area contributed by atoms with Crippen LogP contribution in [0.1, 0.15) is 50.5 Å². The van der Waals surface area contributed by atoms with E-state index in [1.165, 1.54) is 5.56 Å². The van der Waals surface area contributed by atoms with E-state index < -0.39 is 15.1 Å². The quantitative estimate of drug-likeness (QED) is 0.834. The monoisotopic (exact) mass is 305 g/mol. The highest BCUT2D eigenvalue weighted by atomic mass is 32.2. The summed E-state index contributed by atoms with van der Waals surface area (Å²) >= 11 is 0. The van der Waals surface area contributed by atoms with Gasteiger partial charge >= 0.3 is 0 Å². The molecule has 0 aromatic heterocycles. The van der Waals surface area contributed by atoms with Gasteiger partial charge in [-0.05, 0) is 37.2 Å². The molecule has 2 rings (SSSR count). The van der Waals surface area contributed by atoms with Crippen molar-refractivity contribution in [3.8, 4) is 6.07 Å². The third-order valence-corrected chi connectivity index (χ3v) is 6.77. The average molecular weight is 305 g/mol. The van der Waals surface area contributed by atoms with E-state index in [0.29, 0.717) is 19.3 Å². The first kappa shape index (κ1) is 16.0. The van der Waals surface area contributed by atoms with Crippen LogP contribution in [0.3, 0.4) is 0 Å². The van der Waals surface area contributed by atoms with Gasteiger partial charge in [-0.2, -0.15) is 5.26 Å². The molecule has 1 aromatic carbocycles. The topological polar surface area (TPSA) is 57.9 Å². The molecule has 0 bridgehead atoms. The maximum absolute atomic E-state index is 12.5. The van der Waals surface area contributed by atoms with Gasteiger partial charge in [0.1, 0.15) is 0 Å². The molecule has 114 valence electrons. The van der Waals surface area contributed by atoms with Crippen molar-refractivity contribution in [2.75, 3.05) is 5.75 Å². The molecule has 4 heteroatoms. The number of hydrogen-bond donors (Lipinski definition) is 0. The summed E-state index contributed by atoms with van der Waals surface area (Å²) in [6.45, 7) is 1.99. The van der Waals surface area contributed by atoms with Crippen molar-refractivity contribution in [2.45, 2.75) is 50.2 Å². The van der Waals surface area contributed by atoms with Crippen LogP contribution in [0.2, 0.25) is 0 Å². The van der Waals surface area contributed by atoms with Gasteiger partial charge in [0, 0.05) is 0 Å². The molecule has 1 aliphatic carbocycles. The minimum Gasteiger partial charge on any atom is -0.229 e. The fraction of sp³-hybridized carbons (Fsp3) is 0.588. The van der Waals surface area contributed by atoms with Gasteiger partial charge < -0.3 is 0 Å². The standard InChI is InChI=1S/C17H23NO2S/c1-2-3-11-21(19,20)17-12-15(9-10-16(17)13-18)14-7-5-4-6-8-14/h4-8,15-17H,2-3,9-12H2,1H3. The van der Waals surface area contributed by atoms with Gasteiger partial charge in [-0.25, -0.2) is 8.42 Å². The van der Waals surface area contributed by atoms with Crippen LogP contribution in [0.5, 0.6) is 0 Å². The van der Waals surface area contributed by atoms with E-state index in [-0.39, 0.29) is 17.6 Å². The lowest BCUT2D eigenvalue weighted by molar-refractivity contribution is 0.378. The normalized spacial score (nSPS) is 26.2. The highest BCUT2D eigenvalue weighted by Crippen LogP contribution is 2.39. The Kier molecular flexibility index (Phi) is 5.41. The third-order valence-electron chi connectivity index (χ3n) is 4.47. The predicted octanol–water partition coefficient (Wildman–Crippen LogP) is 3.68. The lowest BCUT2D eigenvalue weighted by Crippen LogP contribution is -2.36. The molecule has 3 atom stereocenters. The second-order valence-corrected chi connectivity index (χ2v) is 8.25. The first-order valence-electron chi connectivity index (χ1n) is 7.74. The Labute approximate surface area is 127 Å². The number of nitrogens with zero attached hydrogens (tertiary/aromatic N) is 1. The third kappa shape index (κ3) is 3.85. The Balaban J connectivity index is 2.19. The molecule has 0 heterocycles. The van der Waals surface area contributed by atoms with Crippen molar-refractivity contribution in [3.63, 3.8) is 0 Å². The maximum atomic E-state index is 12.5. The van der Waals surface area contributed by atoms with Crippen molar-refractivity contribution >= 4 is 9.84 Å². The van der Waals surface area contributed by atoms with Gasteiger partial charge in [0.15, 0.2) is 9.84 Å². The Morgan fingerprint density at radius 3 is 2.57 bits per heavy atom. The molecular formula is C17H23NO2S. The fourth-order valence-electron chi connectivity index (χ4n) is 3.20. The van der Waals surface area contributed by atoms with Crippen LogP contribution in [-0.2, 0) is 9.84 Å². The second-order valence-electron chi connectivity index (χ2n) is 5.92.